The number of hydrogen-bond acceptors (Lipinski definition) is 5. The van der Waals surface area contributed by atoms with Crippen molar-refractivity contribution in [3.05, 3.63) is 34.4 Å². The lowest BCUT2D eigenvalue weighted by Gasteiger charge is -2.50. The number of non-ortho nitro benzene ring substituents is 1. The molecule has 3 saturated carbocycles. The summed E-state index contributed by atoms with van der Waals surface area (Å²) in [6, 6.07) is 4.78. The van der Waals surface area contributed by atoms with Gasteiger partial charge in [0, 0.05) is 23.9 Å². The average Bonchev–Trinajstić information content (AvgIpc) is 2.55. The average molecular weight is 360 g/mol. The number of nitro groups is 1. The molecule has 4 rings (SSSR count). The molecule has 2 bridgehead atoms. The zero-order valence-corrected chi connectivity index (χ0v) is 14.1. The molecule has 3 fully saturated rings. The topological polar surface area (TPSA) is 86.5 Å². The quantitative estimate of drug-likeness (QED) is 0.347. The van der Waals surface area contributed by atoms with Crippen LogP contribution < -0.4 is 0 Å². The van der Waals surface area contributed by atoms with Crippen LogP contribution >= 0.6 is 11.6 Å². The van der Waals surface area contributed by atoms with Crippen LogP contribution in [0.5, 0.6) is 0 Å². The van der Waals surface area contributed by atoms with E-state index < -0.39 is 20.6 Å². The number of hydrogen-bond donors (Lipinski definition) is 0. The van der Waals surface area contributed by atoms with Crippen molar-refractivity contribution in [2.75, 3.05) is 5.88 Å². The first-order valence-electron chi connectivity index (χ1n) is 7.62. The fraction of sp³-hybridized carbons (Fsp3) is 0.600. The maximum atomic E-state index is 12.6. The van der Waals surface area contributed by atoms with Gasteiger partial charge in [0.05, 0.1) is 15.4 Å². The Morgan fingerprint density at radius 3 is 2.39 bits per heavy atom. The molecule has 1 atom stereocenters. The Morgan fingerprint density at radius 2 is 1.87 bits per heavy atom. The lowest BCUT2D eigenvalue weighted by Crippen LogP contribution is -2.51. The summed E-state index contributed by atoms with van der Waals surface area (Å²) in [4.78, 5) is 10.0. The van der Waals surface area contributed by atoms with Crippen LogP contribution in [-0.2, 0) is 14.3 Å². The third-order valence-corrected chi connectivity index (χ3v) is 6.88. The van der Waals surface area contributed by atoms with Gasteiger partial charge in [-0.1, -0.05) is 0 Å². The first kappa shape index (κ1) is 16.7. The standard InChI is InChI=1S/C15H18ClNO5S/c16-10-12-9-11-5-7-15(12,8-6-11)22-23(20,21)14-3-1-13(2-4-14)17(18)19/h1-4,11-12H,5-10H2/t11?,12-,15?/m0/s1. The number of benzene rings is 1. The van der Waals surface area contributed by atoms with Crippen molar-refractivity contribution in [1.29, 1.82) is 0 Å². The van der Waals surface area contributed by atoms with Crippen molar-refractivity contribution >= 4 is 27.4 Å². The van der Waals surface area contributed by atoms with Crippen LogP contribution in [-0.4, -0.2) is 24.8 Å². The zero-order valence-electron chi connectivity index (χ0n) is 12.5. The molecule has 0 radical (unpaired) electrons. The van der Waals surface area contributed by atoms with Crippen molar-refractivity contribution in [2.24, 2.45) is 11.8 Å². The lowest BCUT2D eigenvalue weighted by atomic mass is 9.62. The molecule has 0 N–H and O–H groups in total. The Labute approximate surface area is 140 Å². The van der Waals surface area contributed by atoms with Crippen molar-refractivity contribution in [3.8, 4) is 0 Å². The molecule has 1 aromatic rings. The molecule has 126 valence electrons. The maximum absolute atomic E-state index is 12.6. The van der Waals surface area contributed by atoms with Crippen LogP contribution in [0.3, 0.4) is 0 Å². The number of alkyl halides is 1. The monoisotopic (exact) mass is 359 g/mol. The summed E-state index contributed by atoms with van der Waals surface area (Å²) in [6.45, 7) is 0. The van der Waals surface area contributed by atoms with E-state index in [9.17, 15) is 18.5 Å². The van der Waals surface area contributed by atoms with Crippen molar-refractivity contribution in [3.63, 3.8) is 0 Å². The zero-order chi connectivity index (χ0) is 16.7. The minimum Gasteiger partial charge on any atom is -0.259 e. The SMILES string of the molecule is O=[N+]([O-])c1ccc(S(=O)(=O)OC23CCC(CC2)C[C@H]3CCl)cc1. The molecule has 0 spiro atoms. The van der Waals surface area contributed by atoms with Crippen molar-refractivity contribution < 1.29 is 17.5 Å². The molecule has 0 unspecified atom stereocenters. The van der Waals surface area contributed by atoms with Gasteiger partial charge >= 0.3 is 0 Å². The van der Waals surface area contributed by atoms with E-state index in [2.05, 4.69) is 0 Å². The molecule has 23 heavy (non-hydrogen) atoms. The van der Waals surface area contributed by atoms with Crippen LogP contribution in [0.4, 0.5) is 5.69 Å². The molecule has 8 heteroatoms. The Balaban J connectivity index is 1.86. The highest BCUT2D eigenvalue weighted by Crippen LogP contribution is 2.51. The minimum atomic E-state index is -3.97. The van der Waals surface area contributed by atoms with Gasteiger partial charge in [-0.3, -0.25) is 14.3 Å². The predicted octanol–water partition coefficient (Wildman–Crippen LogP) is 3.49. The molecule has 6 nitrogen and oxygen atoms in total. The number of fused-ring (bicyclic) bond motifs is 3. The van der Waals surface area contributed by atoms with Gasteiger partial charge in [-0.05, 0) is 50.2 Å². The molecule has 0 aromatic heterocycles. The van der Waals surface area contributed by atoms with Gasteiger partial charge in [-0.15, -0.1) is 11.6 Å². The normalized spacial score (nSPS) is 30.3. The van der Waals surface area contributed by atoms with Gasteiger partial charge in [-0.25, -0.2) is 0 Å². The van der Waals surface area contributed by atoms with E-state index in [-0.39, 0.29) is 16.5 Å². The van der Waals surface area contributed by atoms with Gasteiger partial charge < -0.3 is 0 Å². The van der Waals surface area contributed by atoms with Gasteiger partial charge in [0.2, 0.25) is 0 Å². The second-order valence-corrected chi connectivity index (χ2v) is 8.24. The van der Waals surface area contributed by atoms with E-state index in [0.29, 0.717) is 24.6 Å². The van der Waals surface area contributed by atoms with Crippen LogP contribution in [0, 0.1) is 22.0 Å². The first-order chi connectivity index (χ1) is 10.9. The van der Waals surface area contributed by atoms with E-state index in [1.807, 2.05) is 0 Å². The number of halogens is 1. The Bertz CT molecular complexity index is 695. The fourth-order valence-corrected chi connectivity index (χ4v) is 5.50. The number of nitro benzene ring substituents is 1. The van der Waals surface area contributed by atoms with E-state index >= 15 is 0 Å². The molecule has 3 aliphatic carbocycles. The third kappa shape index (κ3) is 3.09. The number of rotatable bonds is 5. The van der Waals surface area contributed by atoms with Crippen molar-refractivity contribution in [1.82, 2.24) is 0 Å². The molecule has 1 aromatic carbocycles. The lowest BCUT2D eigenvalue weighted by molar-refractivity contribution is -0.384. The van der Waals surface area contributed by atoms with Crippen LogP contribution in [0.15, 0.2) is 29.2 Å². The van der Waals surface area contributed by atoms with E-state index in [0.717, 1.165) is 19.3 Å². The smallest absolute Gasteiger partial charge is 0.259 e. The van der Waals surface area contributed by atoms with Gasteiger partial charge in [0.25, 0.3) is 15.8 Å². The summed E-state index contributed by atoms with van der Waals surface area (Å²) in [6.07, 6.45) is 4.22. The molecule has 0 heterocycles. The summed E-state index contributed by atoms with van der Waals surface area (Å²) in [7, 11) is -3.97. The third-order valence-electron chi connectivity index (χ3n) is 5.11. The molecular formula is C15H18ClNO5S. The summed E-state index contributed by atoms with van der Waals surface area (Å²) in [5.41, 5.74) is -0.879. The second-order valence-electron chi connectivity index (χ2n) is 6.38. The summed E-state index contributed by atoms with van der Waals surface area (Å²) >= 11 is 6.04. The van der Waals surface area contributed by atoms with Crippen LogP contribution in [0.2, 0.25) is 0 Å². The highest BCUT2D eigenvalue weighted by molar-refractivity contribution is 7.86. The Morgan fingerprint density at radius 1 is 1.26 bits per heavy atom. The van der Waals surface area contributed by atoms with E-state index in [4.69, 9.17) is 15.8 Å². The number of nitrogens with zero attached hydrogens (tertiary/aromatic N) is 1. The first-order valence-corrected chi connectivity index (χ1v) is 9.57. The molecule has 0 aliphatic heterocycles. The largest absolute Gasteiger partial charge is 0.297 e. The highest BCUT2D eigenvalue weighted by Gasteiger charge is 2.51. The summed E-state index contributed by atoms with van der Waals surface area (Å²) < 4.78 is 30.8. The minimum absolute atomic E-state index is 0.0319. The molecule has 0 saturated heterocycles. The Hall–Kier alpha value is -1.18. The van der Waals surface area contributed by atoms with E-state index in [1.54, 1.807) is 0 Å². The van der Waals surface area contributed by atoms with Crippen LogP contribution in [0.25, 0.3) is 0 Å². The fourth-order valence-electron chi connectivity index (χ4n) is 3.78. The highest BCUT2D eigenvalue weighted by atomic mass is 35.5. The van der Waals surface area contributed by atoms with Gasteiger partial charge in [0.1, 0.15) is 0 Å². The van der Waals surface area contributed by atoms with Crippen LogP contribution in [0.1, 0.15) is 32.1 Å². The van der Waals surface area contributed by atoms with Gasteiger partial charge in [-0.2, -0.15) is 8.42 Å². The Kier molecular flexibility index (Phi) is 4.37. The maximum Gasteiger partial charge on any atom is 0.297 e. The summed E-state index contributed by atoms with van der Waals surface area (Å²) in [5, 5.41) is 10.7. The second kappa shape index (κ2) is 6.03. The van der Waals surface area contributed by atoms with Gasteiger partial charge in [0.15, 0.2) is 0 Å². The van der Waals surface area contributed by atoms with Crippen molar-refractivity contribution in [2.45, 2.75) is 42.6 Å². The molecular weight excluding hydrogens is 342 g/mol. The molecule has 0 amide bonds. The predicted molar refractivity (Wildman–Crippen MR) is 84.9 cm³/mol. The summed E-state index contributed by atoms with van der Waals surface area (Å²) in [5.74, 6) is 1.03. The molecule has 3 aliphatic rings. The van der Waals surface area contributed by atoms with E-state index in [1.165, 1.54) is 24.3 Å².